The Morgan fingerprint density at radius 2 is 1.78 bits per heavy atom. The Labute approximate surface area is 133 Å². The molecule has 0 bridgehead atoms. The molecule has 5 heteroatoms. The lowest BCUT2D eigenvalue weighted by Gasteiger charge is -2.10. The van der Waals surface area contributed by atoms with Crippen LogP contribution in [0.25, 0.3) is 11.1 Å². The smallest absolute Gasteiger partial charge is 0.343 e. The van der Waals surface area contributed by atoms with Crippen molar-refractivity contribution < 1.29 is 18.7 Å². The molecule has 3 rings (SSSR count). The number of carbonyl (C=O) groups is 1. The maximum atomic E-state index is 12.2. The van der Waals surface area contributed by atoms with Crippen molar-refractivity contribution in [2.75, 3.05) is 0 Å². The largest absolute Gasteiger partial charge is 0.491 e. The second-order valence-electron chi connectivity index (χ2n) is 5.44. The first kappa shape index (κ1) is 15.1. The number of nitrogens with zero attached hydrogens (tertiary/aromatic N) is 1. The number of fused-ring (bicyclic) bond motifs is 1. The lowest BCUT2D eigenvalue weighted by molar-refractivity contribution is 0.0735. The van der Waals surface area contributed by atoms with Gasteiger partial charge in [0.05, 0.1) is 11.7 Å². The van der Waals surface area contributed by atoms with Crippen molar-refractivity contribution in [1.29, 1.82) is 0 Å². The summed E-state index contributed by atoms with van der Waals surface area (Å²) in [7, 11) is 0. The molecule has 0 atom stereocenters. The van der Waals surface area contributed by atoms with Crippen LogP contribution < -0.4 is 9.47 Å². The number of aryl methyl sites for hydroxylation is 1. The van der Waals surface area contributed by atoms with Gasteiger partial charge in [-0.05, 0) is 50.2 Å². The van der Waals surface area contributed by atoms with Crippen LogP contribution in [0.15, 0.2) is 46.9 Å². The highest BCUT2D eigenvalue weighted by atomic mass is 16.5. The van der Waals surface area contributed by atoms with Gasteiger partial charge in [-0.25, -0.2) is 9.78 Å². The number of hydrogen-bond acceptors (Lipinski definition) is 5. The number of oxazole rings is 1. The van der Waals surface area contributed by atoms with E-state index in [1.165, 1.54) is 0 Å². The predicted octanol–water partition coefficient (Wildman–Crippen LogP) is 4.14. The molecule has 0 fully saturated rings. The molecule has 0 spiro atoms. The summed E-state index contributed by atoms with van der Waals surface area (Å²) in [5, 5.41) is 0. The van der Waals surface area contributed by atoms with Gasteiger partial charge in [-0.3, -0.25) is 0 Å². The fraction of sp³-hybridized carbons (Fsp3) is 0.222. The van der Waals surface area contributed by atoms with Gasteiger partial charge < -0.3 is 13.9 Å². The van der Waals surface area contributed by atoms with Crippen LogP contribution in [0.4, 0.5) is 0 Å². The highest BCUT2D eigenvalue weighted by Gasteiger charge is 2.11. The van der Waals surface area contributed by atoms with Crippen molar-refractivity contribution in [2.45, 2.75) is 26.9 Å². The van der Waals surface area contributed by atoms with Crippen LogP contribution in [0.1, 0.15) is 30.1 Å². The molecule has 1 heterocycles. The van der Waals surface area contributed by atoms with E-state index >= 15 is 0 Å². The molecule has 0 aliphatic heterocycles. The van der Waals surface area contributed by atoms with Crippen molar-refractivity contribution >= 4 is 17.1 Å². The molecule has 118 valence electrons. The second-order valence-corrected chi connectivity index (χ2v) is 5.44. The second kappa shape index (κ2) is 6.12. The van der Waals surface area contributed by atoms with E-state index in [0.717, 1.165) is 11.3 Å². The molecule has 0 amide bonds. The molecule has 0 saturated heterocycles. The van der Waals surface area contributed by atoms with Crippen LogP contribution in [0.3, 0.4) is 0 Å². The maximum Gasteiger partial charge on any atom is 0.343 e. The van der Waals surface area contributed by atoms with Gasteiger partial charge in [-0.15, -0.1) is 0 Å². The van der Waals surface area contributed by atoms with Gasteiger partial charge in [-0.2, -0.15) is 0 Å². The molecule has 23 heavy (non-hydrogen) atoms. The monoisotopic (exact) mass is 311 g/mol. The molecule has 1 aromatic heterocycles. The summed E-state index contributed by atoms with van der Waals surface area (Å²) >= 11 is 0. The Morgan fingerprint density at radius 3 is 2.48 bits per heavy atom. The number of esters is 1. The predicted molar refractivity (Wildman–Crippen MR) is 85.9 cm³/mol. The van der Waals surface area contributed by atoms with Gasteiger partial charge in [-0.1, -0.05) is 0 Å². The first-order chi connectivity index (χ1) is 11.0. The summed E-state index contributed by atoms with van der Waals surface area (Å²) in [6, 6.07) is 12.0. The maximum absolute atomic E-state index is 12.2. The quantitative estimate of drug-likeness (QED) is 0.535. The third-order valence-electron chi connectivity index (χ3n) is 3.14. The normalized spacial score (nSPS) is 11.0. The van der Waals surface area contributed by atoms with Crippen LogP contribution in [0, 0.1) is 6.92 Å². The van der Waals surface area contributed by atoms with Gasteiger partial charge in [0.1, 0.15) is 17.0 Å². The number of rotatable bonds is 4. The summed E-state index contributed by atoms with van der Waals surface area (Å²) in [4.78, 5) is 16.4. The summed E-state index contributed by atoms with van der Waals surface area (Å²) in [5.41, 5.74) is 1.78. The lowest BCUT2D eigenvalue weighted by atomic mass is 10.2. The topological polar surface area (TPSA) is 61.6 Å². The Morgan fingerprint density at radius 1 is 1.09 bits per heavy atom. The first-order valence-electron chi connectivity index (χ1n) is 7.37. The summed E-state index contributed by atoms with van der Waals surface area (Å²) < 4.78 is 16.3. The Kier molecular flexibility index (Phi) is 4.02. The summed E-state index contributed by atoms with van der Waals surface area (Å²) in [5.74, 6) is 1.28. The van der Waals surface area contributed by atoms with E-state index in [1.54, 1.807) is 49.4 Å². The number of hydrogen-bond donors (Lipinski definition) is 0. The molecule has 0 aliphatic rings. The molecule has 5 nitrogen and oxygen atoms in total. The minimum absolute atomic E-state index is 0.0879. The van der Waals surface area contributed by atoms with Gasteiger partial charge in [0, 0.05) is 13.0 Å². The standard InChI is InChI=1S/C18H17NO4/c1-11(2)21-14-6-4-13(5-7-14)18(20)23-15-8-9-16-17(10-15)22-12(3)19-16/h4-11H,1-3H3. The van der Waals surface area contributed by atoms with Crippen molar-refractivity contribution in [3.63, 3.8) is 0 Å². The Hall–Kier alpha value is -2.82. The SMILES string of the molecule is Cc1nc2ccc(OC(=O)c3ccc(OC(C)C)cc3)cc2o1. The average Bonchev–Trinajstić information content (AvgIpc) is 2.86. The van der Waals surface area contributed by atoms with Crippen molar-refractivity contribution in [3.05, 3.63) is 53.9 Å². The van der Waals surface area contributed by atoms with E-state index in [0.29, 0.717) is 22.8 Å². The summed E-state index contributed by atoms with van der Waals surface area (Å²) in [6.07, 6.45) is 0.0879. The molecule has 0 saturated carbocycles. The van der Waals surface area contributed by atoms with Crippen LogP contribution in [-0.4, -0.2) is 17.1 Å². The Bertz CT molecular complexity index is 834. The number of ether oxygens (including phenoxy) is 2. The fourth-order valence-electron chi connectivity index (χ4n) is 2.19. The van der Waals surface area contributed by atoms with E-state index < -0.39 is 5.97 Å². The third-order valence-corrected chi connectivity index (χ3v) is 3.14. The van der Waals surface area contributed by atoms with Crippen LogP contribution in [-0.2, 0) is 0 Å². The van der Waals surface area contributed by atoms with Crippen LogP contribution in [0.5, 0.6) is 11.5 Å². The highest BCUT2D eigenvalue weighted by molar-refractivity contribution is 5.91. The van der Waals surface area contributed by atoms with Crippen LogP contribution in [0.2, 0.25) is 0 Å². The van der Waals surface area contributed by atoms with Crippen LogP contribution >= 0.6 is 0 Å². The molecule has 3 aromatic rings. The van der Waals surface area contributed by atoms with E-state index in [1.807, 2.05) is 13.8 Å². The Balaban J connectivity index is 1.74. The van der Waals surface area contributed by atoms with Crippen molar-refractivity contribution in [2.24, 2.45) is 0 Å². The minimum atomic E-state index is -0.434. The van der Waals surface area contributed by atoms with E-state index in [2.05, 4.69) is 4.98 Å². The molecular weight excluding hydrogens is 294 g/mol. The summed E-state index contributed by atoms with van der Waals surface area (Å²) in [6.45, 7) is 5.67. The molecule has 0 unspecified atom stereocenters. The van der Waals surface area contributed by atoms with Gasteiger partial charge >= 0.3 is 5.97 Å². The van der Waals surface area contributed by atoms with Crippen molar-refractivity contribution in [1.82, 2.24) is 4.98 Å². The number of carbonyl (C=O) groups excluding carboxylic acids is 1. The zero-order chi connectivity index (χ0) is 16.4. The van der Waals surface area contributed by atoms with E-state index in [9.17, 15) is 4.79 Å². The number of aromatic nitrogens is 1. The zero-order valence-corrected chi connectivity index (χ0v) is 13.2. The third kappa shape index (κ3) is 3.51. The molecule has 2 aromatic carbocycles. The van der Waals surface area contributed by atoms with Gasteiger partial charge in [0.25, 0.3) is 0 Å². The molecule has 0 radical (unpaired) electrons. The molecule has 0 N–H and O–H groups in total. The fourth-order valence-corrected chi connectivity index (χ4v) is 2.19. The lowest BCUT2D eigenvalue weighted by Crippen LogP contribution is -2.09. The number of benzene rings is 2. The molecular formula is C18H17NO4. The van der Waals surface area contributed by atoms with Gasteiger partial charge in [0.2, 0.25) is 0 Å². The first-order valence-corrected chi connectivity index (χ1v) is 7.37. The van der Waals surface area contributed by atoms with E-state index in [-0.39, 0.29) is 6.10 Å². The van der Waals surface area contributed by atoms with E-state index in [4.69, 9.17) is 13.9 Å². The highest BCUT2D eigenvalue weighted by Crippen LogP contribution is 2.22. The van der Waals surface area contributed by atoms with Crippen molar-refractivity contribution in [3.8, 4) is 11.5 Å². The van der Waals surface area contributed by atoms with Gasteiger partial charge in [0.15, 0.2) is 11.5 Å². The minimum Gasteiger partial charge on any atom is -0.491 e. The molecule has 0 aliphatic carbocycles. The zero-order valence-electron chi connectivity index (χ0n) is 13.2. The average molecular weight is 311 g/mol.